The van der Waals surface area contributed by atoms with Crippen molar-refractivity contribution in [2.75, 3.05) is 6.61 Å². The molecule has 31 heavy (non-hydrogen) atoms. The number of carbonyl (C=O) groups is 6. The van der Waals surface area contributed by atoms with Crippen LogP contribution in [0.5, 0.6) is 0 Å². The van der Waals surface area contributed by atoms with Crippen LogP contribution in [0.15, 0.2) is 0 Å². The van der Waals surface area contributed by atoms with E-state index in [4.69, 9.17) is 23.8 Å². The Morgan fingerprint density at radius 3 is 2.23 bits per heavy atom. The summed E-state index contributed by atoms with van der Waals surface area (Å²) in [4.78, 5) is 76.3. The van der Waals surface area contributed by atoms with Crippen LogP contribution in [-0.2, 0) is 52.6 Å². The average molecular weight is 443 g/mol. The number of cyclic esters (lactones) is 1. The average Bonchev–Trinajstić information content (AvgIpc) is 3.09. The maximum absolute atomic E-state index is 12.3. The van der Waals surface area contributed by atoms with E-state index in [9.17, 15) is 28.8 Å². The van der Waals surface area contributed by atoms with Crippen LogP contribution in [0.2, 0.25) is 0 Å². The van der Waals surface area contributed by atoms with Crippen LogP contribution in [0, 0.1) is 5.92 Å². The van der Waals surface area contributed by atoms with Gasteiger partial charge in [-0.3, -0.25) is 14.4 Å². The molecule has 172 valence electrons. The van der Waals surface area contributed by atoms with Gasteiger partial charge in [0, 0.05) is 26.7 Å². The van der Waals surface area contributed by atoms with Crippen molar-refractivity contribution in [3.63, 3.8) is 0 Å². The molecular formula is C19H25NO11. The van der Waals surface area contributed by atoms with Gasteiger partial charge in [0.25, 0.3) is 11.8 Å². The van der Waals surface area contributed by atoms with Crippen LogP contribution in [0.3, 0.4) is 0 Å². The van der Waals surface area contributed by atoms with Crippen molar-refractivity contribution in [2.45, 2.75) is 71.4 Å². The van der Waals surface area contributed by atoms with Crippen molar-refractivity contribution in [3.05, 3.63) is 0 Å². The summed E-state index contributed by atoms with van der Waals surface area (Å²) in [6.07, 6.45) is -4.52. The molecule has 2 aliphatic heterocycles. The summed E-state index contributed by atoms with van der Waals surface area (Å²) in [6.45, 7) is 6.52. The Balaban J connectivity index is 2.00. The quantitative estimate of drug-likeness (QED) is 0.272. The van der Waals surface area contributed by atoms with Gasteiger partial charge in [0.15, 0.2) is 6.10 Å². The minimum Gasteiger partial charge on any atom is -0.463 e. The highest BCUT2D eigenvalue weighted by Gasteiger charge is 2.43. The minimum atomic E-state index is -1.71. The fourth-order valence-corrected chi connectivity index (χ4v) is 2.67. The molecule has 0 N–H and O–H groups in total. The van der Waals surface area contributed by atoms with Gasteiger partial charge in [0.1, 0.15) is 0 Å². The number of hydrogen-bond donors (Lipinski definition) is 0. The Morgan fingerprint density at radius 1 is 1.10 bits per heavy atom. The van der Waals surface area contributed by atoms with Crippen LogP contribution >= 0.6 is 0 Å². The lowest BCUT2D eigenvalue weighted by molar-refractivity contribution is -0.200. The van der Waals surface area contributed by atoms with E-state index in [0.29, 0.717) is 5.06 Å². The van der Waals surface area contributed by atoms with Gasteiger partial charge < -0.3 is 23.8 Å². The molecule has 2 amide bonds. The molecule has 12 heteroatoms. The van der Waals surface area contributed by atoms with E-state index in [1.54, 1.807) is 13.8 Å². The fourth-order valence-electron chi connectivity index (χ4n) is 2.67. The zero-order valence-corrected chi connectivity index (χ0v) is 17.7. The van der Waals surface area contributed by atoms with E-state index in [1.807, 2.05) is 0 Å². The number of hydrogen-bond acceptors (Lipinski definition) is 11. The highest BCUT2D eigenvalue weighted by Crippen LogP contribution is 2.26. The standard InChI is InChI=1S/C19H25NO11/c1-10(2)9-27-17(25)11(7-16(24)31-20-13(21)5-6-14(20)22)28-15(23)8-12-18(26)30-19(3,4)29-12/h10-12H,5-9H2,1-4H3/t11-,12-/m0/s1. The number of esters is 3. The molecule has 0 aromatic rings. The summed E-state index contributed by atoms with van der Waals surface area (Å²) in [5.74, 6) is -6.61. The number of ether oxygens (including phenoxy) is 4. The highest BCUT2D eigenvalue weighted by atomic mass is 16.8. The number of amides is 2. The van der Waals surface area contributed by atoms with Gasteiger partial charge in [-0.2, -0.15) is 0 Å². The predicted octanol–water partition coefficient (Wildman–Crippen LogP) is 0.163. The number of carbonyl (C=O) groups excluding carboxylic acids is 6. The first kappa shape index (κ1) is 24.3. The third-order valence-electron chi connectivity index (χ3n) is 4.03. The Morgan fingerprint density at radius 2 is 1.71 bits per heavy atom. The number of hydroxylamine groups is 2. The molecule has 2 atom stereocenters. The first-order valence-corrected chi connectivity index (χ1v) is 9.71. The molecule has 0 saturated carbocycles. The lowest BCUT2D eigenvalue weighted by atomic mass is 10.2. The molecule has 0 radical (unpaired) electrons. The number of imide groups is 1. The third kappa shape index (κ3) is 7.02. The fraction of sp³-hybridized carbons (Fsp3) is 0.684. The van der Waals surface area contributed by atoms with Crippen LogP contribution < -0.4 is 0 Å². The molecule has 2 aliphatic rings. The Bertz CT molecular complexity index is 757. The molecule has 0 aromatic carbocycles. The van der Waals surface area contributed by atoms with Crippen LogP contribution in [-0.4, -0.2) is 65.4 Å². The lowest BCUT2D eigenvalue weighted by Gasteiger charge is -2.19. The van der Waals surface area contributed by atoms with Gasteiger partial charge in [-0.05, 0) is 5.92 Å². The van der Waals surface area contributed by atoms with Gasteiger partial charge in [0.05, 0.1) is 19.4 Å². The predicted molar refractivity (Wildman–Crippen MR) is 97.1 cm³/mol. The SMILES string of the molecule is CC(C)COC(=O)[C@H](CC(=O)ON1C(=O)CCC1=O)OC(=O)C[C@@H]1OC(C)(C)OC1=O. The van der Waals surface area contributed by atoms with Crippen LogP contribution in [0.4, 0.5) is 0 Å². The van der Waals surface area contributed by atoms with Gasteiger partial charge >= 0.3 is 23.9 Å². The van der Waals surface area contributed by atoms with Crippen molar-refractivity contribution < 1.29 is 52.6 Å². The molecule has 2 rings (SSSR count). The second kappa shape index (κ2) is 9.86. The maximum atomic E-state index is 12.3. The van der Waals surface area contributed by atoms with E-state index in [1.165, 1.54) is 13.8 Å². The molecule has 2 fully saturated rings. The summed E-state index contributed by atoms with van der Waals surface area (Å²) < 4.78 is 20.2. The molecule has 0 spiro atoms. The van der Waals surface area contributed by atoms with Crippen molar-refractivity contribution in [1.82, 2.24) is 5.06 Å². The Hall–Kier alpha value is -3.02. The van der Waals surface area contributed by atoms with Crippen molar-refractivity contribution in [3.8, 4) is 0 Å². The lowest BCUT2D eigenvalue weighted by Crippen LogP contribution is -2.37. The minimum absolute atomic E-state index is 0.00270. The van der Waals surface area contributed by atoms with Crippen molar-refractivity contribution >= 4 is 35.7 Å². The van der Waals surface area contributed by atoms with E-state index < -0.39 is 66.5 Å². The largest absolute Gasteiger partial charge is 0.463 e. The van der Waals surface area contributed by atoms with Gasteiger partial charge in [0.2, 0.25) is 11.9 Å². The summed E-state index contributed by atoms with van der Waals surface area (Å²) in [6, 6.07) is 0. The van der Waals surface area contributed by atoms with Crippen molar-refractivity contribution in [2.24, 2.45) is 5.92 Å². The molecule has 2 heterocycles. The second-order valence-corrected chi connectivity index (χ2v) is 7.88. The second-order valence-electron chi connectivity index (χ2n) is 7.88. The number of nitrogens with zero attached hydrogens (tertiary/aromatic N) is 1. The van der Waals surface area contributed by atoms with Crippen LogP contribution in [0.25, 0.3) is 0 Å². The summed E-state index contributed by atoms with van der Waals surface area (Å²) in [7, 11) is 0. The molecule has 0 aliphatic carbocycles. The van der Waals surface area contributed by atoms with Gasteiger partial charge in [-0.25, -0.2) is 14.4 Å². The summed E-state index contributed by atoms with van der Waals surface area (Å²) in [5.41, 5.74) is 0. The van der Waals surface area contributed by atoms with Crippen molar-refractivity contribution in [1.29, 1.82) is 0 Å². The molecule has 0 aromatic heterocycles. The first-order chi connectivity index (χ1) is 14.4. The zero-order valence-electron chi connectivity index (χ0n) is 17.7. The topological polar surface area (TPSA) is 152 Å². The monoisotopic (exact) mass is 443 g/mol. The Labute approximate surface area is 178 Å². The zero-order chi connectivity index (χ0) is 23.3. The van der Waals surface area contributed by atoms with Gasteiger partial charge in [-0.1, -0.05) is 13.8 Å². The normalized spacial score (nSPS) is 21.1. The third-order valence-corrected chi connectivity index (χ3v) is 4.03. The Kier molecular flexibility index (Phi) is 7.71. The molecule has 0 unspecified atom stereocenters. The smallest absolute Gasteiger partial charge is 0.348 e. The molecule has 12 nitrogen and oxygen atoms in total. The van der Waals surface area contributed by atoms with Gasteiger partial charge in [-0.15, -0.1) is 5.06 Å². The maximum Gasteiger partial charge on any atom is 0.348 e. The van der Waals surface area contributed by atoms with E-state index in [2.05, 4.69) is 0 Å². The molecule has 2 saturated heterocycles. The summed E-state index contributed by atoms with van der Waals surface area (Å²) in [5, 5.41) is 0.311. The number of rotatable bonds is 9. The van der Waals surface area contributed by atoms with E-state index in [-0.39, 0.29) is 25.4 Å². The molecular weight excluding hydrogens is 418 g/mol. The van der Waals surface area contributed by atoms with Crippen LogP contribution in [0.1, 0.15) is 53.4 Å². The summed E-state index contributed by atoms with van der Waals surface area (Å²) >= 11 is 0. The molecule has 0 bridgehead atoms. The van der Waals surface area contributed by atoms with E-state index in [0.717, 1.165) is 0 Å². The first-order valence-electron chi connectivity index (χ1n) is 9.71. The highest BCUT2D eigenvalue weighted by molar-refractivity contribution is 6.01. The van der Waals surface area contributed by atoms with E-state index >= 15 is 0 Å².